The fraction of sp³-hybridized carbons (Fsp3) is 0.208. The zero-order valence-corrected chi connectivity index (χ0v) is 16.6. The van der Waals surface area contributed by atoms with Crippen LogP contribution in [0.1, 0.15) is 28.3 Å². The topological polar surface area (TPSA) is 29.5 Å². The first-order valence-electron chi connectivity index (χ1n) is 9.57. The average Bonchev–Trinajstić information content (AvgIpc) is 2.74. The number of benzene rings is 3. The molecule has 1 aliphatic rings. The van der Waals surface area contributed by atoms with E-state index in [0.717, 1.165) is 23.1 Å². The van der Waals surface area contributed by atoms with E-state index in [0.29, 0.717) is 18.2 Å². The molecule has 0 aliphatic carbocycles. The third-order valence-electron chi connectivity index (χ3n) is 5.18. The Morgan fingerprint density at radius 2 is 1.86 bits per heavy atom. The maximum atomic E-state index is 13.9. The van der Waals surface area contributed by atoms with Gasteiger partial charge in [0.2, 0.25) is 5.91 Å². The van der Waals surface area contributed by atoms with Gasteiger partial charge in [0.05, 0.1) is 12.6 Å². The highest BCUT2D eigenvalue weighted by Crippen LogP contribution is 2.35. The van der Waals surface area contributed by atoms with Gasteiger partial charge in [0, 0.05) is 11.6 Å². The molecule has 0 saturated heterocycles. The van der Waals surface area contributed by atoms with Gasteiger partial charge in [-0.05, 0) is 52.9 Å². The van der Waals surface area contributed by atoms with Crippen molar-refractivity contribution in [3.63, 3.8) is 0 Å². The van der Waals surface area contributed by atoms with Crippen LogP contribution in [0, 0.1) is 5.82 Å². The van der Waals surface area contributed by atoms with Crippen LogP contribution in [0.2, 0.25) is 5.02 Å². The minimum absolute atomic E-state index is 0.0311. The number of halogens is 2. The molecule has 3 aromatic rings. The number of nitrogens with zero attached hydrogens (tertiary/aromatic N) is 1. The number of amides is 1. The van der Waals surface area contributed by atoms with Crippen molar-refractivity contribution in [2.45, 2.75) is 19.1 Å². The van der Waals surface area contributed by atoms with Gasteiger partial charge in [-0.2, -0.15) is 0 Å². The molecule has 1 amide bonds. The molecule has 0 radical (unpaired) electrons. The van der Waals surface area contributed by atoms with Gasteiger partial charge in [-0.3, -0.25) is 4.79 Å². The fourth-order valence-corrected chi connectivity index (χ4v) is 3.92. The lowest BCUT2D eigenvalue weighted by Gasteiger charge is -2.37. The largest absolute Gasteiger partial charge is 0.367 e. The lowest BCUT2D eigenvalue weighted by atomic mass is 9.88. The van der Waals surface area contributed by atoms with Crippen LogP contribution in [0.25, 0.3) is 0 Å². The van der Waals surface area contributed by atoms with Crippen LogP contribution in [-0.4, -0.2) is 24.0 Å². The quantitative estimate of drug-likeness (QED) is 0.581. The summed E-state index contributed by atoms with van der Waals surface area (Å²) in [5.74, 6) is -0.417. The minimum atomic E-state index is -0.317. The van der Waals surface area contributed by atoms with E-state index in [1.165, 1.54) is 17.7 Å². The summed E-state index contributed by atoms with van der Waals surface area (Å²) in [7, 11) is 0. The highest BCUT2D eigenvalue weighted by atomic mass is 35.5. The van der Waals surface area contributed by atoms with Crippen LogP contribution >= 0.6 is 11.6 Å². The van der Waals surface area contributed by atoms with Crippen molar-refractivity contribution >= 4 is 17.5 Å². The summed E-state index contributed by atoms with van der Waals surface area (Å²) in [4.78, 5) is 14.8. The van der Waals surface area contributed by atoms with E-state index in [-0.39, 0.29) is 24.4 Å². The first-order valence-corrected chi connectivity index (χ1v) is 9.94. The third-order valence-corrected chi connectivity index (χ3v) is 5.43. The second-order valence-corrected chi connectivity index (χ2v) is 7.55. The van der Waals surface area contributed by atoms with Gasteiger partial charge in [-0.1, -0.05) is 60.1 Å². The van der Waals surface area contributed by atoms with Crippen molar-refractivity contribution in [3.05, 3.63) is 106 Å². The Bertz CT molecular complexity index is 1010. The summed E-state index contributed by atoms with van der Waals surface area (Å²) in [6.45, 7) is 0.871. The number of hydrogen-bond donors (Lipinski definition) is 0. The molecule has 5 heteroatoms. The van der Waals surface area contributed by atoms with E-state index >= 15 is 0 Å². The van der Waals surface area contributed by atoms with Gasteiger partial charge in [-0.25, -0.2) is 4.39 Å². The molecular weight excluding hydrogens is 389 g/mol. The molecule has 29 heavy (non-hydrogen) atoms. The average molecular weight is 410 g/mol. The van der Waals surface area contributed by atoms with Crippen LogP contribution in [0.15, 0.2) is 72.8 Å². The molecule has 0 saturated carbocycles. The Morgan fingerprint density at radius 3 is 2.66 bits per heavy atom. The van der Waals surface area contributed by atoms with E-state index in [9.17, 15) is 9.18 Å². The highest BCUT2D eigenvalue weighted by Gasteiger charge is 2.31. The normalized spacial score (nSPS) is 15.8. The molecule has 0 spiro atoms. The molecule has 3 aromatic carbocycles. The van der Waals surface area contributed by atoms with Crippen LogP contribution in [0.5, 0.6) is 0 Å². The Morgan fingerprint density at radius 1 is 1.07 bits per heavy atom. The highest BCUT2D eigenvalue weighted by molar-refractivity contribution is 6.30. The molecule has 1 unspecified atom stereocenters. The SMILES string of the molecule is O=C(COCc1ccc(Cl)cc1)N1CCc2ccccc2C1c1cccc(F)c1. The zero-order valence-electron chi connectivity index (χ0n) is 15.9. The number of ether oxygens (including phenoxy) is 1. The van der Waals surface area contributed by atoms with Crippen molar-refractivity contribution in [1.82, 2.24) is 4.90 Å². The number of fused-ring (bicyclic) bond motifs is 1. The van der Waals surface area contributed by atoms with Crippen LogP contribution < -0.4 is 0 Å². The second-order valence-electron chi connectivity index (χ2n) is 7.11. The van der Waals surface area contributed by atoms with Crippen molar-refractivity contribution in [2.24, 2.45) is 0 Å². The Kier molecular flexibility index (Phi) is 5.93. The van der Waals surface area contributed by atoms with Crippen molar-refractivity contribution in [2.75, 3.05) is 13.2 Å². The summed E-state index contributed by atoms with van der Waals surface area (Å²) in [5.41, 5.74) is 3.94. The van der Waals surface area contributed by atoms with E-state index in [2.05, 4.69) is 6.07 Å². The first-order chi connectivity index (χ1) is 14.1. The summed E-state index contributed by atoms with van der Waals surface area (Å²) in [6, 6.07) is 21.5. The van der Waals surface area contributed by atoms with Crippen LogP contribution in [-0.2, 0) is 22.6 Å². The van der Waals surface area contributed by atoms with E-state index in [1.807, 2.05) is 36.4 Å². The van der Waals surface area contributed by atoms with Crippen molar-refractivity contribution in [1.29, 1.82) is 0 Å². The Balaban J connectivity index is 1.53. The maximum Gasteiger partial charge on any atom is 0.249 e. The standard InChI is InChI=1S/C24H21ClFNO2/c25-20-10-8-17(9-11-20)15-29-16-23(28)27-13-12-18-4-1-2-7-22(18)24(27)19-5-3-6-21(26)14-19/h1-11,14,24H,12-13,15-16H2. The molecular formula is C24H21ClFNO2. The number of carbonyl (C=O) groups excluding carboxylic acids is 1. The molecule has 1 aliphatic heterocycles. The Hall–Kier alpha value is -2.69. The van der Waals surface area contributed by atoms with Gasteiger partial charge in [-0.15, -0.1) is 0 Å². The second kappa shape index (κ2) is 8.76. The lowest BCUT2D eigenvalue weighted by Crippen LogP contribution is -2.42. The summed E-state index contributed by atoms with van der Waals surface area (Å²) in [6.07, 6.45) is 0.769. The molecule has 1 atom stereocenters. The predicted molar refractivity (Wildman–Crippen MR) is 111 cm³/mol. The third kappa shape index (κ3) is 4.50. The monoisotopic (exact) mass is 409 g/mol. The number of hydrogen-bond acceptors (Lipinski definition) is 2. The molecule has 3 nitrogen and oxygen atoms in total. The number of rotatable bonds is 5. The molecule has 1 heterocycles. The van der Waals surface area contributed by atoms with Crippen molar-refractivity contribution in [3.8, 4) is 0 Å². The molecule has 0 aromatic heterocycles. The molecule has 148 valence electrons. The minimum Gasteiger partial charge on any atom is -0.367 e. The first kappa shape index (κ1) is 19.6. The van der Waals surface area contributed by atoms with Gasteiger partial charge < -0.3 is 9.64 Å². The van der Waals surface area contributed by atoms with E-state index in [4.69, 9.17) is 16.3 Å². The molecule has 4 rings (SSSR count). The lowest BCUT2D eigenvalue weighted by molar-refractivity contribution is -0.138. The Labute approximate surface area is 174 Å². The van der Waals surface area contributed by atoms with Gasteiger partial charge in [0.25, 0.3) is 0 Å². The predicted octanol–water partition coefficient (Wildman–Crippen LogP) is 5.17. The van der Waals surface area contributed by atoms with Crippen molar-refractivity contribution < 1.29 is 13.9 Å². The van der Waals surface area contributed by atoms with Gasteiger partial charge in [0.15, 0.2) is 0 Å². The summed E-state index contributed by atoms with van der Waals surface area (Å²) < 4.78 is 19.6. The van der Waals surface area contributed by atoms with Gasteiger partial charge >= 0.3 is 0 Å². The summed E-state index contributed by atoms with van der Waals surface area (Å²) >= 11 is 5.90. The molecule has 0 bridgehead atoms. The summed E-state index contributed by atoms with van der Waals surface area (Å²) in [5, 5.41) is 0.662. The van der Waals surface area contributed by atoms with Crippen LogP contribution in [0.4, 0.5) is 4.39 Å². The van der Waals surface area contributed by atoms with Crippen LogP contribution in [0.3, 0.4) is 0 Å². The van der Waals surface area contributed by atoms with E-state index < -0.39 is 0 Å². The molecule has 0 fully saturated rings. The zero-order chi connectivity index (χ0) is 20.2. The van der Waals surface area contributed by atoms with Gasteiger partial charge in [0.1, 0.15) is 12.4 Å². The smallest absolute Gasteiger partial charge is 0.249 e. The molecule has 0 N–H and O–H groups in total. The maximum absolute atomic E-state index is 13.9. The fourth-order valence-electron chi connectivity index (χ4n) is 3.79. The van der Waals surface area contributed by atoms with E-state index in [1.54, 1.807) is 23.1 Å². The number of carbonyl (C=O) groups is 1.